The molecule has 0 radical (unpaired) electrons. The number of hydrogen-bond donors (Lipinski definition) is 0. The molecule has 0 saturated carbocycles. The van der Waals surface area contributed by atoms with Gasteiger partial charge in [0.1, 0.15) is 11.5 Å². The topological polar surface area (TPSA) is 61.3 Å². The minimum Gasteiger partial charge on any atom is -0.494 e. The van der Waals surface area contributed by atoms with Gasteiger partial charge in [-0.3, -0.25) is 0 Å². The largest absolute Gasteiger partial charge is 0.494 e. The second kappa shape index (κ2) is 16.0. The van der Waals surface area contributed by atoms with E-state index in [1.807, 2.05) is 24.3 Å². The quantitative estimate of drug-likeness (QED) is 0.0949. The highest BCUT2D eigenvalue weighted by atomic mass is 19.1. The van der Waals surface area contributed by atoms with Crippen molar-refractivity contribution in [2.24, 2.45) is 0 Å². The number of nitrogens with zero attached hydrogens (tertiary/aromatic N) is 2. The van der Waals surface area contributed by atoms with Gasteiger partial charge in [-0.25, -0.2) is 23.5 Å². The molecule has 1 heterocycles. The Labute approximate surface area is 237 Å². The molecule has 216 valence electrons. The molecule has 5 nitrogen and oxygen atoms in total. The van der Waals surface area contributed by atoms with Crippen LogP contribution in [0.15, 0.2) is 60.9 Å². The molecule has 0 aliphatic carbocycles. The van der Waals surface area contributed by atoms with E-state index in [1.165, 1.54) is 6.92 Å². The van der Waals surface area contributed by atoms with E-state index in [-0.39, 0.29) is 6.42 Å². The lowest BCUT2D eigenvalue weighted by atomic mass is 10.00. The van der Waals surface area contributed by atoms with Gasteiger partial charge in [0.25, 0.3) is 0 Å². The van der Waals surface area contributed by atoms with Gasteiger partial charge >= 0.3 is 5.97 Å². The van der Waals surface area contributed by atoms with Crippen LogP contribution < -0.4 is 9.47 Å². The smallest absolute Gasteiger partial charge is 0.348 e. The van der Waals surface area contributed by atoms with Crippen molar-refractivity contribution in [2.75, 3.05) is 6.61 Å². The molecular weight excluding hydrogens is 510 g/mol. The van der Waals surface area contributed by atoms with Crippen molar-refractivity contribution in [1.82, 2.24) is 9.97 Å². The number of carbonyl (C=O) groups is 1. The highest BCUT2D eigenvalue weighted by Gasteiger charge is 2.34. The molecular formula is C33H42F2N2O3. The number of esters is 1. The summed E-state index contributed by atoms with van der Waals surface area (Å²) >= 11 is 0. The molecule has 3 aromatic rings. The van der Waals surface area contributed by atoms with Crippen LogP contribution in [0, 0.1) is 0 Å². The van der Waals surface area contributed by atoms with Crippen molar-refractivity contribution in [1.29, 1.82) is 0 Å². The molecule has 0 bridgehead atoms. The number of hydrogen-bond acceptors (Lipinski definition) is 5. The number of unbranched alkanes of at least 4 members (excludes halogenated alkanes) is 6. The van der Waals surface area contributed by atoms with Crippen LogP contribution in [0.25, 0.3) is 22.5 Å². The van der Waals surface area contributed by atoms with Crippen molar-refractivity contribution in [3.05, 3.63) is 60.9 Å². The lowest BCUT2D eigenvalue weighted by Crippen LogP contribution is -2.34. The summed E-state index contributed by atoms with van der Waals surface area (Å²) in [5.41, 5.74) is 0.549. The van der Waals surface area contributed by atoms with E-state index < -0.39 is 17.8 Å². The molecule has 0 amide bonds. The van der Waals surface area contributed by atoms with E-state index in [0.29, 0.717) is 31.0 Å². The standard InChI is InChI=1S/C33H42F2N2O3/c1-4-5-6-10-21-33(3,35)32(38)40-30-19-13-26(14-20-30)28-23-36-31(37-24-28)27-15-17-29(18-16-27)39-22-11-8-7-9-12-25(2)34/h13-20,23-25H,4-12,21-22H2,1-3H3/t25-,33-/m0/s1. The van der Waals surface area contributed by atoms with E-state index in [1.54, 1.807) is 43.6 Å². The molecule has 0 saturated heterocycles. The Balaban J connectivity index is 1.47. The minimum absolute atomic E-state index is 0.159. The predicted molar refractivity (Wildman–Crippen MR) is 156 cm³/mol. The van der Waals surface area contributed by atoms with Crippen LogP contribution >= 0.6 is 0 Å². The van der Waals surface area contributed by atoms with Crippen LogP contribution in [-0.2, 0) is 4.79 Å². The maximum Gasteiger partial charge on any atom is 0.348 e. The first-order chi connectivity index (χ1) is 19.3. The first-order valence-electron chi connectivity index (χ1n) is 14.5. The Bertz CT molecular complexity index is 1150. The third-order valence-electron chi connectivity index (χ3n) is 6.85. The van der Waals surface area contributed by atoms with E-state index in [9.17, 15) is 13.6 Å². The fourth-order valence-electron chi connectivity index (χ4n) is 4.31. The summed E-state index contributed by atoms with van der Waals surface area (Å²) in [5.74, 6) is 0.838. The van der Waals surface area contributed by atoms with Crippen molar-refractivity contribution in [2.45, 2.75) is 96.8 Å². The van der Waals surface area contributed by atoms with Gasteiger partial charge in [-0.1, -0.05) is 57.6 Å². The molecule has 2 aromatic carbocycles. The van der Waals surface area contributed by atoms with Crippen LogP contribution in [0.4, 0.5) is 8.78 Å². The third kappa shape index (κ3) is 10.3. The number of aromatic nitrogens is 2. The Kier molecular flexibility index (Phi) is 12.5. The van der Waals surface area contributed by atoms with Crippen molar-refractivity contribution in [3.8, 4) is 34.0 Å². The van der Waals surface area contributed by atoms with Gasteiger partial charge in [0.05, 0.1) is 12.8 Å². The number of alkyl halides is 2. The molecule has 0 unspecified atom stereocenters. The average Bonchev–Trinajstić information content (AvgIpc) is 2.95. The minimum atomic E-state index is -2.00. The number of benzene rings is 2. The van der Waals surface area contributed by atoms with Gasteiger partial charge < -0.3 is 9.47 Å². The van der Waals surface area contributed by atoms with Crippen molar-refractivity contribution in [3.63, 3.8) is 0 Å². The van der Waals surface area contributed by atoms with Crippen LogP contribution in [0.2, 0.25) is 0 Å². The summed E-state index contributed by atoms with van der Waals surface area (Å²) in [6, 6.07) is 14.6. The summed E-state index contributed by atoms with van der Waals surface area (Å²) in [7, 11) is 0. The second-order valence-electron chi connectivity index (χ2n) is 10.6. The third-order valence-corrected chi connectivity index (χ3v) is 6.85. The first kappa shape index (κ1) is 31.2. The van der Waals surface area contributed by atoms with Gasteiger partial charge in [0.15, 0.2) is 5.82 Å². The maximum atomic E-state index is 14.8. The summed E-state index contributed by atoms with van der Waals surface area (Å²) < 4.78 is 38.7. The SMILES string of the molecule is CCCCCC[C@](C)(F)C(=O)Oc1ccc(-c2cnc(-c3ccc(OCCCCCC[C@H](C)F)cc3)nc2)cc1. The lowest BCUT2D eigenvalue weighted by Gasteiger charge is -2.18. The molecule has 0 aliphatic heterocycles. The zero-order valence-electron chi connectivity index (χ0n) is 24.0. The maximum absolute atomic E-state index is 14.8. The average molecular weight is 553 g/mol. The number of carbonyl (C=O) groups excluding carboxylic acids is 1. The van der Waals surface area contributed by atoms with Gasteiger partial charge in [-0.15, -0.1) is 0 Å². The highest BCUT2D eigenvalue weighted by Crippen LogP contribution is 2.27. The van der Waals surface area contributed by atoms with Crippen LogP contribution in [0.3, 0.4) is 0 Å². The molecule has 0 spiro atoms. The van der Waals surface area contributed by atoms with Gasteiger partial charge in [-0.2, -0.15) is 0 Å². The summed E-state index contributed by atoms with van der Waals surface area (Å²) in [4.78, 5) is 21.3. The molecule has 3 rings (SSSR count). The van der Waals surface area contributed by atoms with Gasteiger partial charge in [0.2, 0.25) is 5.67 Å². The first-order valence-corrected chi connectivity index (χ1v) is 14.5. The number of ether oxygens (including phenoxy) is 2. The molecule has 0 fully saturated rings. The lowest BCUT2D eigenvalue weighted by molar-refractivity contribution is -0.147. The normalized spacial score (nSPS) is 13.4. The summed E-state index contributed by atoms with van der Waals surface area (Å²) in [6.07, 6.45) is 11.2. The van der Waals surface area contributed by atoms with Crippen LogP contribution in [-0.4, -0.2) is 34.4 Å². The summed E-state index contributed by atoms with van der Waals surface area (Å²) in [6.45, 7) is 5.62. The van der Waals surface area contributed by atoms with Gasteiger partial charge in [-0.05, 0) is 81.5 Å². The Hall–Kier alpha value is -3.35. The molecule has 2 atom stereocenters. The molecule has 0 N–H and O–H groups in total. The molecule has 1 aromatic heterocycles. The van der Waals surface area contributed by atoms with E-state index in [2.05, 4.69) is 16.9 Å². The van der Waals surface area contributed by atoms with Crippen molar-refractivity contribution < 1.29 is 23.0 Å². The fourth-order valence-corrected chi connectivity index (χ4v) is 4.31. The monoisotopic (exact) mass is 552 g/mol. The Morgan fingerprint density at radius 2 is 1.43 bits per heavy atom. The summed E-state index contributed by atoms with van der Waals surface area (Å²) in [5, 5.41) is 0. The number of rotatable bonds is 17. The van der Waals surface area contributed by atoms with Crippen molar-refractivity contribution >= 4 is 5.97 Å². The zero-order valence-corrected chi connectivity index (χ0v) is 24.0. The fraction of sp³-hybridized carbons (Fsp3) is 0.485. The zero-order chi connectivity index (χ0) is 28.8. The van der Waals surface area contributed by atoms with E-state index in [4.69, 9.17) is 9.47 Å². The second-order valence-corrected chi connectivity index (χ2v) is 10.6. The Morgan fingerprint density at radius 1 is 0.825 bits per heavy atom. The predicted octanol–water partition coefficient (Wildman–Crippen LogP) is 9.10. The van der Waals surface area contributed by atoms with E-state index in [0.717, 1.165) is 67.4 Å². The highest BCUT2D eigenvalue weighted by molar-refractivity contribution is 5.81. The van der Waals surface area contributed by atoms with Crippen LogP contribution in [0.1, 0.15) is 85.0 Å². The van der Waals surface area contributed by atoms with E-state index >= 15 is 0 Å². The number of halogens is 2. The van der Waals surface area contributed by atoms with Crippen LogP contribution in [0.5, 0.6) is 11.5 Å². The van der Waals surface area contributed by atoms with Gasteiger partial charge in [0, 0.05) is 23.5 Å². The molecule has 7 heteroatoms. The molecule has 0 aliphatic rings. The Morgan fingerprint density at radius 3 is 2.08 bits per heavy atom. The molecule has 40 heavy (non-hydrogen) atoms.